The second-order valence-corrected chi connectivity index (χ2v) is 4.69. The van der Waals surface area contributed by atoms with Gasteiger partial charge in [0.05, 0.1) is 0 Å². The summed E-state index contributed by atoms with van der Waals surface area (Å²) in [4.78, 5) is 6.81. The van der Waals surface area contributed by atoms with Crippen LogP contribution in [0.15, 0.2) is 12.4 Å². The molecule has 0 bridgehead atoms. The molecule has 0 unspecified atom stereocenters. The van der Waals surface area contributed by atoms with Gasteiger partial charge in [0.1, 0.15) is 5.82 Å². The van der Waals surface area contributed by atoms with Crippen LogP contribution in [0.5, 0.6) is 0 Å². The van der Waals surface area contributed by atoms with E-state index in [9.17, 15) is 0 Å². The van der Waals surface area contributed by atoms with Gasteiger partial charge in [0.25, 0.3) is 0 Å². The third kappa shape index (κ3) is 2.15. The molecule has 3 rings (SSSR count). The molecule has 96 valence electrons. The van der Waals surface area contributed by atoms with E-state index in [0.29, 0.717) is 0 Å². The lowest BCUT2D eigenvalue weighted by atomic mass is 10.4. The zero-order valence-electron chi connectivity index (χ0n) is 10.6. The third-order valence-electron chi connectivity index (χ3n) is 3.42. The molecule has 1 fully saturated rings. The number of anilines is 1. The van der Waals surface area contributed by atoms with Crippen molar-refractivity contribution in [1.29, 1.82) is 0 Å². The van der Waals surface area contributed by atoms with Crippen molar-refractivity contribution in [2.45, 2.75) is 19.8 Å². The SMILES string of the molecule is Cc1nnc2c(NCCN3CCCC3)nccn12. The average molecular weight is 246 g/mol. The minimum Gasteiger partial charge on any atom is -0.366 e. The topological polar surface area (TPSA) is 58.4 Å². The van der Waals surface area contributed by atoms with Crippen LogP contribution in [0.3, 0.4) is 0 Å². The Kier molecular flexibility index (Phi) is 3.10. The quantitative estimate of drug-likeness (QED) is 0.870. The second-order valence-electron chi connectivity index (χ2n) is 4.69. The third-order valence-corrected chi connectivity index (χ3v) is 3.42. The number of aryl methyl sites for hydroxylation is 1. The van der Waals surface area contributed by atoms with Gasteiger partial charge in [-0.05, 0) is 32.9 Å². The van der Waals surface area contributed by atoms with Gasteiger partial charge in [0.2, 0.25) is 5.65 Å². The highest BCUT2D eigenvalue weighted by Crippen LogP contribution is 2.12. The maximum Gasteiger partial charge on any atom is 0.203 e. The van der Waals surface area contributed by atoms with Crippen LogP contribution in [0.1, 0.15) is 18.7 Å². The first-order valence-electron chi connectivity index (χ1n) is 6.47. The van der Waals surface area contributed by atoms with Gasteiger partial charge in [-0.25, -0.2) is 4.98 Å². The van der Waals surface area contributed by atoms with Crippen LogP contribution in [0, 0.1) is 6.92 Å². The Bertz CT molecular complexity index is 528. The lowest BCUT2D eigenvalue weighted by molar-refractivity contribution is 0.352. The van der Waals surface area contributed by atoms with Crippen molar-refractivity contribution in [3.05, 3.63) is 18.2 Å². The molecule has 0 amide bonds. The van der Waals surface area contributed by atoms with Crippen molar-refractivity contribution in [3.8, 4) is 0 Å². The fourth-order valence-corrected chi connectivity index (χ4v) is 2.40. The summed E-state index contributed by atoms with van der Waals surface area (Å²) in [5.74, 6) is 1.70. The standard InChI is InChI=1S/C12H18N6/c1-10-15-16-12-11(14-5-9-18(10)12)13-4-8-17-6-2-3-7-17/h5,9H,2-4,6-8H2,1H3,(H,13,14). The van der Waals surface area contributed by atoms with Crippen molar-refractivity contribution in [1.82, 2.24) is 24.5 Å². The molecule has 2 aromatic rings. The molecule has 3 heterocycles. The van der Waals surface area contributed by atoms with Crippen LogP contribution in [-0.2, 0) is 0 Å². The molecule has 1 N–H and O–H groups in total. The fraction of sp³-hybridized carbons (Fsp3) is 0.583. The fourth-order valence-electron chi connectivity index (χ4n) is 2.40. The van der Waals surface area contributed by atoms with E-state index in [1.807, 2.05) is 17.5 Å². The van der Waals surface area contributed by atoms with Crippen molar-refractivity contribution in [2.75, 3.05) is 31.5 Å². The van der Waals surface area contributed by atoms with Gasteiger partial charge >= 0.3 is 0 Å². The summed E-state index contributed by atoms with van der Waals surface area (Å²) in [5, 5.41) is 11.6. The Morgan fingerprint density at radius 1 is 1.28 bits per heavy atom. The predicted molar refractivity (Wildman–Crippen MR) is 69.7 cm³/mol. The molecule has 18 heavy (non-hydrogen) atoms. The number of nitrogens with one attached hydrogen (secondary N) is 1. The van der Waals surface area contributed by atoms with E-state index >= 15 is 0 Å². The summed E-state index contributed by atoms with van der Waals surface area (Å²) >= 11 is 0. The maximum absolute atomic E-state index is 4.33. The Morgan fingerprint density at radius 2 is 2.11 bits per heavy atom. The summed E-state index contributed by atoms with van der Waals surface area (Å²) in [6.07, 6.45) is 6.33. The van der Waals surface area contributed by atoms with E-state index in [-0.39, 0.29) is 0 Å². The minimum absolute atomic E-state index is 0.802. The normalized spacial score (nSPS) is 16.5. The lowest BCUT2D eigenvalue weighted by Gasteiger charge is -2.14. The van der Waals surface area contributed by atoms with E-state index in [0.717, 1.165) is 30.4 Å². The van der Waals surface area contributed by atoms with E-state index in [1.54, 1.807) is 6.20 Å². The molecular formula is C12H18N6. The van der Waals surface area contributed by atoms with Gasteiger partial charge in [0.15, 0.2) is 5.82 Å². The summed E-state index contributed by atoms with van der Waals surface area (Å²) in [5.41, 5.74) is 0.802. The van der Waals surface area contributed by atoms with E-state index in [2.05, 4.69) is 25.4 Å². The highest BCUT2D eigenvalue weighted by atomic mass is 15.3. The number of fused-ring (bicyclic) bond motifs is 1. The van der Waals surface area contributed by atoms with Crippen LogP contribution >= 0.6 is 0 Å². The zero-order valence-corrected chi connectivity index (χ0v) is 10.6. The largest absolute Gasteiger partial charge is 0.366 e. The highest BCUT2D eigenvalue weighted by molar-refractivity contribution is 5.61. The molecule has 0 spiro atoms. The van der Waals surface area contributed by atoms with E-state index in [1.165, 1.54) is 25.9 Å². The van der Waals surface area contributed by atoms with Crippen molar-refractivity contribution in [3.63, 3.8) is 0 Å². The highest BCUT2D eigenvalue weighted by Gasteiger charge is 2.11. The Balaban J connectivity index is 1.66. The first-order chi connectivity index (χ1) is 8.84. The van der Waals surface area contributed by atoms with Crippen LogP contribution in [0.4, 0.5) is 5.82 Å². The number of hydrogen-bond acceptors (Lipinski definition) is 5. The van der Waals surface area contributed by atoms with Gasteiger partial charge in [-0.2, -0.15) is 0 Å². The zero-order chi connectivity index (χ0) is 12.4. The number of hydrogen-bond donors (Lipinski definition) is 1. The minimum atomic E-state index is 0.802. The van der Waals surface area contributed by atoms with Gasteiger partial charge in [0, 0.05) is 25.5 Å². The van der Waals surface area contributed by atoms with Gasteiger partial charge in [-0.1, -0.05) is 0 Å². The summed E-state index contributed by atoms with van der Waals surface area (Å²) in [6.45, 7) is 6.36. The first kappa shape index (κ1) is 11.4. The Hall–Kier alpha value is -1.69. The summed E-state index contributed by atoms with van der Waals surface area (Å²) in [7, 11) is 0. The molecule has 0 aromatic carbocycles. The van der Waals surface area contributed by atoms with Gasteiger partial charge in [-0.15, -0.1) is 10.2 Å². The van der Waals surface area contributed by atoms with Crippen molar-refractivity contribution >= 4 is 11.5 Å². The Labute approximate surface area is 106 Å². The second kappa shape index (κ2) is 4.89. The number of aromatic nitrogens is 4. The molecular weight excluding hydrogens is 228 g/mol. The average Bonchev–Trinajstić information content (AvgIpc) is 3.01. The van der Waals surface area contributed by atoms with Crippen LogP contribution < -0.4 is 5.32 Å². The Morgan fingerprint density at radius 3 is 2.94 bits per heavy atom. The van der Waals surface area contributed by atoms with Crippen LogP contribution in [0.25, 0.3) is 5.65 Å². The van der Waals surface area contributed by atoms with Crippen molar-refractivity contribution in [2.24, 2.45) is 0 Å². The molecule has 0 radical (unpaired) electrons. The van der Waals surface area contributed by atoms with E-state index in [4.69, 9.17) is 0 Å². The molecule has 2 aromatic heterocycles. The van der Waals surface area contributed by atoms with Crippen LogP contribution in [-0.4, -0.2) is 50.7 Å². The van der Waals surface area contributed by atoms with Crippen molar-refractivity contribution < 1.29 is 0 Å². The maximum atomic E-state index is 4.33. The number of rotatable bonds is 4. The molecule has 6 nitrogen and oxygen atoms in total. The molecule has 6 heteroatoms. The molecule has 1 aliphatic rings. The molecule has 0 atom stereocenters. The number of likely N-dealkylation sites (tertiary alicyclic amines) is 1. The predicted octanol–water partition coefficient (Wildman–Crippen LogP) is 0.940. The summed E-state index contributed by atoms with van der Waals surface area (Å²) in [6, 6.07) is 0. The number of nitrogens with zero attached hydrogens (tertiary/aromatic N) is 5. The lowest BCUT2D eigenvalue weighted by Crippen LogP contribution is -2.26. The monoisotopic (exact) mass is 246 g/mol. The molecule has 0 saturated carbocycles. The summed E-state index contributed by atoms with van der Waals surface area (Å²) < 4.78 is 1.95. The van der Waals surface area contributed by atoms with Crippen LogP contribution in [0.2, 0.25) is 0 Å². The smallest absolute Gasteiger partial charge is 0.203 e. The van der Waals surface area contributed by atoms with Gasteiger partial charge < -0.3 is 10.2 Å². The molecule has 1 aliphatic heterocycles. The van der Waals surface area contributed by atoms with Gasteiger partial charge in [-0.3, -0.25) is 4.40 Å². The first-order valence-corrected chi connectivity index (χ1v) is 6.47. The molecule has 0 aliphatic carbocycles. The van der Waals surface area contributed by atoms with E-state index < -0.39 is 0 Å². The molecule has 1 saturated heterocycles.